The van der Waals surface area contributed by atoms with Crippen molar-refractivity contribution in [3.63, 3.8) is 0 Å². The van der Waals surface area contributed by atoms with Gasteiger partial charge >= 0.3 is 0 Å². The van der Waals surface area contributed by atoms with Crippen LogP contribution in [0.3, 0.4) is 0 Å². The van der Waals surface area contributed by atoms with E-state index in [1.165, 1.54) is 0 Å². The monoisotopic (exact) mass is 314 g/mol. The molecule has 0 saturated carbocycles. The van der Waals surface area contributed by atoms with Crippen molar-refractivity contribution in [1.29, 1.82) is 0 Å². The van der Waals surface area contributed by atoms with Gasteiger partial charge in [0.2, 0.25) is 0 Å². The van der Waals surface area contributed by atoms with Crippen molar-refractivity contribution in [1.82, 2.24) is 4.90 Å². The molecule has 110 valence electrons. The Labute approximate surface area is 129 Å². The third kappa shape index (κ3) is 3.90. The van der Waals surface area contributed by atoms with Crippen molar-refractivity contribution in [3.05, 3.63) is 34.3 Å². The highest BCUT2D eigenvalue weighted by Crippen LogP contribution is 2.21. The average molecular weight is 315 g/mol. The minimum absolute atomic E-state index is 0.0367. The number of thiocarbonyl (C=S) groups is 1. The number of aliphatic hydroxyl groups is 1. The van der Waals surface area contributed by atoms with Gasteiger partial charge in [-0.3, -0.25) is 4.90 Å². The second-order valence-corrected chi connectivity index (χ2v) is 5.96. The lowest BCUT2D eigenvalue weighted by Gasteiger charge is -2.36. The summed E-state index contributed by atoms with van der Waals surface area (Å²) in [5.74, 6) is 0. The molecule has 6 heteroatoms. The molecule has 20 heavy (non-hydrogen) atoms. The maximum atomic E-state index is 9.24. The lowest BCUT2D eigenvalue weighted by Crippen LogP contribution is -2.47. The summed E-state index contributed by atoms with van der Waals surface area (Å²) in [7, 11) is 0. The maximum Gasteiger partial charge on any atom is 0.104 e. The summed E-state index contributed by atoms with van der Waals surface area (Å²) in [6, 6.07) is 5.63. The summed E-state index contributed by atoms with van der Waals surface area (Å²) >= 11 is 11.2. The van der Waals surface area contributed by atoms with Gasteiger partial charge in [-0.25, -0.2) is 0 Å². The van der Waals surface area contributed by atoms with Gasteiger partial charge in [-0.05, 0) is 18.6 Å². The van der Waals surface area contributed by atoms with Crippen LogP contribution in [0.5, 0.6) is 0 Å². The van der Waals surface area contributed by atoms with E-state index < -0.39 is 0 Å². The summed E-state index contributed by atoms with van der Waals surface area (Å²) in [6.45, 7) is 4.29. The summed E-state index contributed by atoms with van der Waals surface area (Å²) in [5.41, 5.74) is 7.39. The van der Waals surface area contributed by atoms with Gasteiger partial charge in [-0.1, -0.05) is 36.0 Å². The van der Waals surface area contributed by atoms with Crippen molar-refractivity contribution in [2.75, 3.05) is 19.7 Å². The van der Waals surface area contributed by atoms with Crippen LogP contribution < -0.4 is 5.73 Å². The van der Waals surface area contributed by atoms with Crippen LogP contribution in [0.4, 0.5) is 0 Å². The molecule has 0 bridgehead atoms. The van der Waals surface area contributed by atoms with E-state index in [2.05, 4.69) is 4.90 Å². The van der Waals surface area contributed by atoms with Gasteiger partial charge in [0.05, 0.1) is 18.8 Å². The van der Waals surface area contributed by atoms with Crippen LogP contribution in [-0.4, -0.2) is 46.9 Å². The van der Waals surface area contributed by atoms with Crippen LogP contribution in [0.15, 0.2) is 18.2 Å². The number of nitrogens with two attached hydrogens (primary N) is 1. The van der Waals surface area contributed by atoms with Gasteiger partial charge in [-0.2, -0.15) is 0 Å². The smallest absolute Gasteiger partial charge is 0.104 e. The van der Waals surface area contributed by atoms with Gasteiger partial charge in [0.25, 0.3) is 0 Å². The van der Waals surface area contributed by atoms with Crippen LogP contribution in [0, 0.1) is 0 Å². The third-order valence-corrected chi connectivity index (χ3v) is 3.92. The first-order valence-electron chi connectivity index (χ1n) is 6.56. The van der Waals surface area contributed by atoms with Gasteiger partial charge in [0, 0.05) is 30.2 Å². The number of halogens is 1. The third-order valence-electron chi connectivity index (χ3n) is 3.34. The number of nitrogens with zero attached hydrogens (tertiary/aromatic N) is 1. The summed E-state index contributed by atoms with van der Waals surface area (Å²) in [5, 5.41) is 9.90. The zero-order valence-corrected chi connectivity index (χ0v) is 13.0. The number of hydrogen-bond donors (Lipinski definition) is 2. The quantitative estimate of drug-likeness (QED) is 0.826. The highest BCUT2D eigenvalue weighted by molar-refractivity contribution is 7.80. The van der Waals surface area contributed by atoms with Crippen LogP contribution >= 0.6 is 23.8 Å². The highest BCUT2D eigenvalue weighted by Gasteiger charge is 2.25. The molecule has 0 amide bonds. The van der Waals surface area contributed by atoms with Gasteiger partial charge < -0.3 is 15.6 Å². The molecule has 0 aliphatic carbocycles. The molecule has 0 spiro atoms. The van der Waals surface area contributed by atoms with Crippen molar-refractivity contribution in [2.45, 2.75) is 25.7 Å². The standard InChI is InChI=1S/C14H19ClN2O2S/c1-9-5-17(7-12(8-18)19-9)6-11-3-2-10(14(16)20)4-13(11)15/h2-4,9,12,18H,5-8H2,1H3,(H2,16,20). The van der Waals surface area contributed by atoms with Gasteiger partial charge in [-0.15, -0.1) is 0 Å². The number of aliphatic hydroxyl groups excluding tert-OH is 1. The van der Waals surface area contributed by atoms with Crippen LogP contribution in [0.1, 0.15) is 18.1 Å². The molecule has 1 aliphatic heterocycles. The molecule has 2 rings (SSSR count). The van der Waals surface area contributed by atoms with E-state index in [-0.39, 0.29) is 18.8 Å². The summed E-state index contributed by atoms with van der Waals surface area (Å²) in [6.07, 6.45) is -0.0241. The zero-order valence-electron chi connectivity index (χ0n) is 11.4. The number of rotatable bonds is 4. The van der Waals surface area contributed by atoms with Crippen LogP contribution in [0.25, 0.3) is 0 Å². The molecule has 3 N–H and O–H groups in total. The first-order chi connectivity index (χ1) is 9.49. The van der Waals surface area contributed by atoms with E-state index >= 15 is 0 Å². The second-order valence-electron chi connectivity index (χ2n) is 5.12. The van der Waals surface area contributed by atoms with E-state index in [1.54, 1.807) is 6.07 Å². The largest absolute Gasteiger partial charge is 0.394 e. The van der Waals surface area contributed by atoms with Crippen molar-refractivity contribution in [3.8, 4) is 0 Å². The fraction of sp³-hybridized carbons (Fsp3) is 0.500. The van der Waals surface area contributed by atoms with E-state index in [0.717, 1.165) is 24.2 Å². The van der Waals surface area contributed by atoms with Crippen molar-refractivity contribution >= 4 is 28.8 Å². The van der Waals surface area contributed by atoms with E-state index in [4.69, 9.17) is 34.3 Å². The van der Waals surface area contributed by atoms with E-state index in [1.807, 2.05) is 19.1 Å². The Bertz CT molecular complexity index is 498. The Morgan fingerprint density at radius 3 is 2.90 bits per heavy atom. The van der Waals surface area contributed by atoms with Gasteiger partial charge in [0.1, 0.15) is 4.99 Å². The van der Waals surface area contributed by atoms with E-state index in [9.17, 15) is 5.11 Å². The van der Waals surface area contributed by atoms with Gasteiger partial charge in [0.15, 0.2) is 0 Å². The molecule has 1 aromatic carbocycles. The Morgan fingerprint density at radius 2 is 2.30 bits per heavy atom. The predicted octanol–water partition coefficient (Wildman–Crippen LogP) is 1.56. The minimum atomic E-state index is -0.131. The van der Waals surface area contributed by atoms with Crippen LogP contribution in [0.2, 0.25) is 5.02 Å². The summed E-state index contributed by atoms with van der Waals surface area (Å²) in [4.78, 5) is 2.58. The molecule has 2 unspecified atom stereocenters. The Kier molecular flexibility index (Phi) is 5.35. The van der Waals surface area contributed by atoms with Crippen molar-refractivity contribution in [2.24, 2.45) is 5.73 Å². The molecule has 0 aromatic heterocycles. The second kappa shape index (κ2) is 6.83. The first kappa shape index (κ1) is 15.7. The number of benzene rings is 1. The Morgan fingerprint density at radius 1 is 1.55 bits per heavy atom. The lowest BCUT2D eigenvalue weighted by atomic mass is 10.1. The molecule has 1 saturated heterocycles. The number of ether oxygens (including phenoxy) is 1. The SMILES string of the molecule is CC1CN(Cc2ccc(C(N)=S)cc2Cl)CC(CO)O1. The number of hydrogen-bond acceptors (Lipinski definition) is 4. The molecule has 2 atom stereocenters. The van der Waals surface area contributed by atoms with E-state index in [0.29, 0.717) is 16.6 Å². The first-order valence-corrected chi connectivity index (χ1v) is 7.35. The highest BCUT2D eigenvalue weighted by atomic mass is 35.5. The number of morpholine rings is 1. The molecule has 0 radical (unpaired) electrons. The molecular weight excluding hydrogens is 296 g/mol. The lowest BCUT2D eigenvalue weighted by molar-refractivity contribution is -0.0972. The molecule has 1 aliphatic rings. The Hall–Kier alpha value is -0.720. The molecule has 4 nitrogen and oxygen atoms in total. The predicted molar refractivity (Wildman–Crippen MR) is 84.0 cm³/mol. The molecule has 1 fully saturated rings. The van der Waals surface area contributed by atoms with Crippen LogP contribution in [-0.2, 0) is 11.3 Å². The minimum Gasteiger partial charge on any atom is -0.394 e. The van der Waals surface area contributed by atoms with Crippen molar-refractivity contribution < 1.29 is 9.84 Å². The molecule has 1 heterocycles. The maximum absolute atomic E-state index is 9.24. The zero-order chi connectivity index (χ0) is 14.7. The fourth-order valence-electron chi connectivity index (χ4n) is 2.44. The summed E-state index contributed by atoms with van der Waals surface area (Å²) < 4.78 is 5.63. The average Bonchev–Trinajstić information content (AvgIpc) is 2.40. The normalized spacial score (nSPS) is 23.8. The topological polar surface area (TPSA) is 58.7 Å². The molecule has 1 aromatic rings. The molecular formula is C14H19ClN2O2S. The fourth-order valence-corrected chi connectivity index (χ4v) is 2.81. The Balaban J connectivity index is 2.07.